The summed E-state index contributed by atoms with van der Waals surface area (Å²) in [4.78, 5) is 38.4. The maximum atomic E-state index is 13.1. The number of ether oxygens (including phenoxy) is 1. The largest absolute Gasteiger partial charge is 0.480 e. The Labute approximate surface area is 240 Å². The molecule has 0 aliphatic carbocycles. The first-order chi connectivity index (χ1) is 18.4. The Bertz CT molecular complexity index is 1340. The van der Waals surface area contributed by atoms with Crippen LogP contribution in [0.25, 0.3) is 0 Å². The fourth-order valence-corrected chi connectivity index (χ4v) is 4.18. The molecule has 0 heterocycles. The second-order valence-corrected chi connectivity index (χ2v) is 11.2. The van der Waals surface area contributed by atoms with Gasteiger partial charge < -0.3 is 15.4 Å². The van der Waals surface area contributed by atoms with Crippen LogP contribution in [0.4, 0.5) is 11.4 Å². The Balaban J connectivity index is 1.65. The van der Waals surface area contributed by atoms with E-state index in [1.165, 1.54) is 11.6 Å². The molecule has 1 atom stereocenters. The highest BCUT2D eigenvalue weighted by atomic mass is 35.5. The summed E-state index contributed by atoms with van der Waals surface area (Å²) in [6.45, 7) is 10.3. The highest BCUT2D eigenvalue weighted by Crippen LogP contribution is 2.29. The number of nitrogens with one attached hydrogen (secondary N) is 2. The summed E-state index contributed by atoms with van der Waals surface area (Å²) >= 11 is 12.0. The molecule has 0 bridgehead atoms. The number of amides is 2. The lowest BCUT2D eigenvalue weighted by molar-refractivity contribution is -0.124. The molecule has 1 unspecified atom stereocenters. The molecule has 0 saturated carbocycles. The molecule has 0 radical (unpaired) electrons. The van der Waals surface area contributed by atoms with Crippen LogP contribution in [0.2, 0.25) is 10.0 Å². The topological polar surface area (TPSA) is 84.5 Å². The summed E-state index contributed by atoms with van der Waals surface area (Å²) in [5, 5.41) is 6.16. The van der Waals surface area contributed by atoms with Gasteiger partial charge in [-0.25, -0.2) is 0 Å². The fraction of sp³-hybridized carbons (Fsp3) is 0.323. The number of anilines is 2. The SMILES string of the molecule is CCC(C)(C)c1ccc(OC(C(=O)Nc2cccc(C(=O)CC(=O)Nc3cc(Cl)ccc3Cl)c2)C(C)C)cc1. The van der Waals surface area contributed by atoms with E-state index < -0.39 is 24.2 Å². The van der Waals surface area contributed by atoms with Crippen molar-refractivity contribution in [1.29, 1.82) is 0 Å². The third-order valence-electron chi connectivity index (χ3n) is 6.62. The number of benzene rings is 3. The van der Waals surface area contributed by atoms with Crippen molar-refractivity contribution in [2.24, 2.45) is 5.92 Å². The molecule has 3 rings (SSSR count). The van der Waals surface area contributed by atoms with Gasteiger partial charge in [-0.15, -0.1) is 0 Å². The van der Waals surface area contributed by atoms with E-state index in [1.807, 2.05) is 38.1 Å². The van der Waals surface area contributed by atoms with Crippen molar-refractivity contribution in [3.05, 3.63) is 87.9 Å². The van der Waals surface area contributed by atoms with E-state index in [4.69, 9.17) is 27.9 Å². The Kier molecular flexibility index (Phi) is 10.2. The molecular formula is C31H34Cl2N2O4. The van der Waals surface area contributed by atoms with E-state index in [0.29, 0.717) is 27.2 Å². The molecule has 0 aliphatic rings. The third-order valence-corrected chi connectivity index (χ3v) is 7.19. The summed E-state index contributed by atoms with van der Waals surface area (Å²) in [6, 6.07) is 19.0. The van der Waals surface area contributed by atoms with Gasteiger partial charge in [-0.3, -0.25) is 14.4 Å². The molecule has 0 aliphatic heterocycles. The summed E-state index contributed by atoms with van der Waals surface area (Å²) in [7, 11) is 0. The van der Waals surface area contributed by atoms with Crippen LogP contribution in [0.3, 0.4) is 0 Å². The van der Waals surface area contributed by atoms with Crippen LogP contribution in [0.5, 0.6) is 5.75 Å². The Morgan fingerprint density at radius 1 is 0.923 bits per heavy atom. The summed E-state index contributed by atoms with van der Waals surface area (Å²) in [5.74, 6) is -0.771. The quantitative estimate of drug-likeness (QED) is 0.181. The smallest absolute Gasteiger partial charge is 0.265 e. The van der Waals surface area contributed by atoms with E-state index >= 15 is 0 Å². The van der Waals surface area contributed by atoms with Crippen molar-refractivity contribution >= 4 is 52.2 Å². The Morgan fingerprint density at radius 2 is 1.62 bits per heavy atom. The van der Waals surface area contributed by atoms with Crippen molar-refractivity contribution in [3.63, 3.8) is 0 Å². The van der Waals surface area contributed by atoms with Crippen LogP contribution < -0.4 is 15.4 Å². The molecule has 3 aromatic rings. The number of hydrogen-bond acceptors (Lipinski definition) is 4. The van der Waals surface area contributed by atoms with Crippen LogP contribution in [0.15, 0.2) is 66.7 Å². The highest BCUT2D eigenvalue weighted by Gasteiger charge is 2.25. The number of hydrogen-bond donors (Lipinski definition) is 2. The van der Waals surface area contributed by atoms with Gasteiger partial charge in [0, 0.05) is 16.3 Å². The molecule has 39 heavy (non-hydrogen) atoms. The zero-order chi connectivity index (χ0) is 28.7. The molecule has 8 heteroatoms. The van der Waals surface area contributed by atoms with E-state index in [2.05, 4.69) is 31.4 Å². The summed E-state index contributed by atoms with van der Waals surface area (Å²) < 4.78 is 6.06. The first-order valence-corrected chi connectivity index (χ1v) is 13.6. The van der Waals surface area contributed by atoms with Gasteiger partial charge in [0.25, 0.3) is 5.91 Å². The van der Waals surface area contributed by atoms with Crippen molar-refractivity contribution in [2.45, 2.75) is 59.0 Å². The lowest BCUT2D eigenvalue weighted by Crippen LogP contribution is -2.37. The predicted octanol–water partition coefficient (Wildman–Crippen LogP) is 7.93. The van der Waals surface area contributed by atoms with Crippen LogP contribution in [-0.4, -0.2) is 23.7 Å². The Morgan fingerprint density at radius 3 is 2.26 bits per heavy atom. The second kappa shape index (κ2) is 13.1. The van der Waals surface area contributed by atoms with Crippen molar-refractivity contribution < 1.29 is 19.1 Å². The molecule has 0 saturated heterocycles. The number of carbonyl (C=O) groups excluding carboxylic acids is 3. The number of rotatable bonds is 11. The third kappa shape index (κ3) is 8.32. The molecular weight excluding hydrogens is 535 g/mol. The minimum atomic E-state index is -0.748. The standard InChI is InChI=1S/C31H34Cl2N2O4/c1-6-31(4,5)21-10-13-24(14-11-21)39-29(19(2)3)30(38)34-23-9-7-8-20(16-23)27(36)18-28(37)35-26-17-22(32)12-15-25(26)33/h7-17,19,29H,6,18H2,1-5H3,(H,34,38)(H,35,37). The fourth-order valence-electron chi connectivity index (χ4n) is 3.85. The second-order valence-electron chi connectivity index (χ2n) is 10.4. The average molecular weight is 570 g/mol. The lowest BCUT2D eigenvalue weighted by Gasteiger charge is -2.25. The average Bonchev–Trinajstić information content (AvgIpc) is 2.89. The highest BCUT2D eigenvalue weighted by molar-refractivity contribution is 6.35. The molecule has 3 aromatic carbocycles. The molecule has 2 N–H and O–H groups in total. The van der Waals surface area contributed by atoms with Crippen LogP contribution in [0, 0.1) is 5.92 Å². The number of halogens is 2. The van der Waals surface area contributed by atoms with Crippen molar-refractivity contribution in [2.75, 3.05) is 10.6 Å². The number of ketones is 1. The molecule has 0 spiro atoms. The maximum Gasteiger partial charge on any atom is 0.265 e. The number of Topliss-reactive ketones (excluding diaryl/α,β-unsaturated/α-hetero) is 1. The molecule has 2 amide bonds. The van der Waals surface area contributed by atoms with Gasteiger partial charge in [0.2, 0.25) is 5.91 Å². The monoisotopic (exact) mass is 568 g/mol. The van der Waals surface area contributed by atoms with Crippen LogP contribution >= 0.6 is 23.2 Å². The van der Waals surface area contributed by atoms with Gasteiger partial charge >= 0.3 is 0 Å². The van der Waals surface area contributed by atoms with Crippen molar-refractivity contribution in [3.8, 4) is 5.75 Å². The molecule has 0 fully saturated rings. The minimum absolute atomic E-state index is 0.0544. The van der Waals surface area contributed by atoms with E-state index in [-0.39, 0.29) is 22.8 Å². The number of carbonyl (C=O) groups is 3. The van der Waals surface area contributed by atoms with Gasteiger partial charge in [-0.2, -0.15) is 0 Å². The summed E-state index contributed by atoms with van der Waals surface area (Å²) in [6.07, 6.45) is -0.141. The van der Waals surface area contributed by atoms with Gasteiger partial charge in [0.05, 0.1) is 17.1 Å². The summed E-state index contributed by atoms with van der Waals surface area (Å²) in [5.41, 5.74) is 2.30. The van der Waals surface area contributed by atoms with Gasteiger partial charge in [0.1, 0.15) is 5.75 Å². The van der Waals surface area contributed by atoms with Gasteiger partial charge in [-0.05, 0) is 65.8 Å². The first kappa shape index (κ1) is 30.2. The van der Waals surface area contributed by atoms with Gasteiger partial charge in [0.15, 0.2) is 11.9 Å². The minimum Gasteiger partial charge on any atom is -0.480 e. The predicted molar refractivity (Wildman–Crippen MR) is 158 cm³/mol. The zero-order valence-corrected chi connectivity index (χ0v) is 24.3. The van der Waals surface area contributed by atoms with E-state index in [1.54, 1.807) is 36.4 Å². The molecule has 6 nitrogen and oxygen atoms in total. The zero-order valence-electron chi connectivity index (χ0n) is 22.8. The first-order valence-electron chi connectivity index (χ1n) is 12.9. The van der Waals surface area contributed by atoms with Gasteiger partial charge in [-0.1, -0.05) is 82.1 Å². The Hall–Kier alpha value is -3.35. The van der Waals surface area contributed by atoms with Crippen LogP contribution in [0.1, 0.15) is 63.4 Å². The van der Waals surface area contributed by atoms with Crippen LogP contribution in [-0.2, 0) is 15.0 Å². The normalized spacial score (nSPS) is 12.1. The maximum absolute atomic E-state index is 13.1. The van der Waals surface area contributed by atoms with E-state index in [9.17, 15) is 14.4 Å². The lowest BCUT2D eigenvalue weighted by atomic mass is 9.82. The molecule has 206 valence electrons. The van der Waals surface area contributed by atoms with E-state index in [0.717, 1.165) is 6.42 Å². The van der Waals surface area contributed by atoms with Crippen molar-refractivity contribution in [1.82, 2.24) is 0 Å². The molecule has 0 aromatic heterocycles.